The fourth-order valence-corrected chi connectivity index (χ4v) is 2.48. The molecule has 0 radical (unpaired) electrons. The van der Waals surface area contributed by atoms with Crippen LogP contribution in [-0.2, 0) is 0 Å². The lowest BCUT2D eigenvalue weighted by atomic mass is 9.98. The van der Waals surface area contributed by atoms with Gasteiger partial charge in [-0.1, -0.05) is 20.3 Å². The second kappa shape index (κ2) is 8.12. The summed E-state index contributed by atoms with van der Waals surface area (Å²) in [6, 6.07) is 0. The van der Waals surface area contributed by atoms with E-state index in [1.54, 1.807) is 0 Å². The van der Waals surface area contributed by atoms with E-state index in [-0.39, 0.29) is 0 Å². The van der Waals surface area contributed by atoms with E-state index in [9.17, 15) is 0 Å². The minimum Gasteiger partial charge on any atom is -0.316 e. The maximum atomic E-state index is 3.55. The summed E-state index contributed by atoms with van der Waals surface area (Å²) in [6.45, 7) is 10.7. The molecule has 0 aliphatic carbocycles. The van der Waals surface area contributed by atoms with Crippen LogP contribution in [-0.4, -0.2) is 37.6 Å². The minimum absolute atomic E-state index is 0.947. The lowest BCUT2D eigenvalue weighted by Crippen LogP contribution is -2.25. The molecule has 1 aliphatic heterocycles. The van der Waals surface area contributed by atoms with Crippen LogP contribution in [0.4, 0.5) is 0 Å². The molecule has 15 heavy (non-hydrogen) atoms. The van der Waals surface area contributed by atoms with E-state index in [0.29, 0.717) is 0 Å². The molecule has 1 fully saturated rings. The van der Waals surface area contributed by atoms with Gasteiger partial charge >= 0.3 is 0 Å². The van der Waals surface area contributed by atoms with E-state index in [1.807, 2.05) is 0 Å². The molecule has 1 rings (SSSR count). The fourth-order valence-electron chi connectivity index (χ4n) is 2.48. The van der Waals surface area contributed by atoms with Gasteiger partial charge in [-0.3, -0.25) is 0 Å². The van der Waals surface area contributed by atoms with Gasteiger partial charge in [0.25, 0.3) is 0 Å². The van der Waals surface area contributed by atoms with Gasteiger partial charge in [0.1, 0.15) is 0 Å². The van der Waals surface area contributed by atoms with Gasteiger partial charge in [0.15, 0.2) is 0 Å². The molecule has 90 valence electrons. The molecule has 0 bridgehead atoms. The number of nitrogens with one attached hydrogen (secondary N) is 1. The van der Waals surface area contributed by atoms with Crippen LogP contribution in [0.1, 0.15) is 46.0 Å². The average Bonchev–Trinajstić information content (AvgIpc) is 2.53. The highest BCUT2D eigenvalue weighted by Gasteiger charge is 2.11. The van der Waals surface area contributed by atoms with Crippen LogP contribution in [0.2, 0.25) is 0 Å². The largest absolute Gasteiger partial charge is 0.316 e. The summed E-state index contributed by atoms with van der Waals surface area (Å²) < 4.78 is 0. The first-order valence-electron chi connectivity index (χ1n) is 6.79. The van der Waals surface area contributed by atoms with Gasteiger partial charge < -0.3 is 10.2 Å². The highest BCUT2D eigenvalue weighted by atomic mass is 15.1. The zero-order chi connectivity index (χ0) is 10.9. The molecule has 0 aromatic heterocycles. The summed E-state index contributed by atoms with van der Waals surface area (Å²) in [5.74, 6) is 0.947. The third-order valence-electron chi connectivity index (χ3n) is 3.63. The van der Waals surface area contributed by atoms with E-state index >= 15 is 0 Å². The van der Waals surface area contributed by atoms with Crippen LogP contribution in [0.3, 0.4) is 0 Å². The van der Waals surface area contributed by atoms with Crippen LogP contribution >= 0.6 is 0 Å². The molecular formula is C13H28N2. The molecule has 1 aliphatic rings. The van der Waals surface area contributed by atoms with Gasteiger partial charge in [-0.25, -0.2) is 0 Å². The van der Waals surface area contributed by atoms with Crippen molar-refractivity contribution < 1.29 is 0 Å². The topological polar surface area (TPSA) is 15.3 Å². The number of nitrogens with zero attached hydrogens (tertiary/aromatic N) is 1. The first-order chi connectivity index (χ1) is 7.36. The van der Waals surface area contributed by atoms with Crippen molar-refractivity contribution in [3.63, 3.8) is 0 Å². The summed E-state index contributed by atoms with van der Waals surface area (Å²) >= 11 is 0. The average molecular weight is 212 g/mol. The van der Waals surface area contributed by atoms with E-state index < -0.39 is 0 Å². The molecule has 2 heteroatoms. The van der Waals surface area contributed by atoms with Crippen LogP contribution < -0.4 is 5.32 Å². The summed E-state index contributed by atoms with van der Waals surface area (Å²) in [5.41, 5.74) is 0. The minimum atomic E-state index is 0.947. The van der Waals surface area contributed by atoms with Crippen molar-refractivity contribution in [3.05, 3.63) is 0 Å². The van der Waals surface area contributed by atoms with Crippen molar-refractivity contribution in [2.24, 2.45) is 5.92 Å². The molecule has 1 atom stereocenters. The fraction of sp³-hybridized carbons (Fsp3) is 1.00. The maximum Gasteiger partial charge on any atom is -0.00189 e. The zero-order valence-corrected chi connectivity index (χ0v) is 10.6. The second-order valence-electron chi connectivity index (χ2n) is 4.74. The smallest absolute Gasteiger partial charge is 0.00189 e. The Kier molecular flexibility index (Phi) is 7.03. The third-order valence-corrected chi connectivity index (χ3v) is 3.63. The Hall–Kier alpha value is -0.0800. The van der Waals surface area contributed by atoms with Gasteiger partial charge in [0.2, 0.25) is 0 Å². The van der Waals surface area contributed by atoms with Crippen LogP contribution in [0.15, 0.2) is 0 Å². The standard InChI is InChI=1S/C13H28N2/c1-3-15(4-2)11-7-9-13-8-5-6-10-14-12-13/h13-14H,3-12H2,1-2H3. The molecule has 0 saturated carbocycles. The third kappa shape index (κ3) is 5.53. The maximum absolute atomic E-state index is 3.55. The first kappa shape index (κ1) is 13.0. The van der Waals surface area contributed by atoms with Crippen molar-refractivity contribution in [1.82, 2.24) is 10.2 Å². The Morgan fingerprint density at radius 3 is 2.73 bits per heavy atom. The Labute approximate surface area is 95.4 Å². The van der Waals surface area contributed by atoms with Gasteiger partial charge in [-0.05, 0) is 64.3 Å². The molecule has 1 heterocycles. The Morgan fingerprint density at radius 1 is 1.20 bits per heavy atom. The van der Waals surface area contributed by atoms with E-state index in [0.717, 1.165) is 5.92 Å². The van der Waals surface area contributed by atoms with Crippen molar-refractivity contribution in [2.75, 3.05) is 32.7 Å². The van der Waals surface area contributed by atoms with Gasteiger partial charge in [0.05, 0.1) is 0 Å². The van der Waals surface area contributed by atoms with Gasteiger partial charge in [-0.15, -0.1) is 0 Å². The summed E-state index contributed by atoms with van der Waals surface area (Å²) in [5, 5.41) is 3.55. The number of hydrogen-bond acceptors (Lipinski definition) is 2. The Bertz CT molecular complexity index is 135. The Morgan fingerprint density at radius 2 is 2.00 bits per heavy atom. The molecule has 1 unspecified atom stereocenters. The van der Waals surface area contributed by atoms with E-state index in [4.69, 9.17) is 0 Å². The normalized spacial score (nSPS) is 23.0. The van der Waals surface area contributed by atoms with Crippen molar-refractivity contribution in [3.8, 4) is 0 Å². The molecule has 1 saturated heterocycles. The quantitative estimate of drug-likeness (QED) is 0.728. The van der Waals surface area contributed by atoms with Crippen LogP contribution in [0, 0.1) is 5.92 Å². The van der Waals surface area contributed by atoms with E-state index in [1.165, 1.54) is 64.8 Å². The summed E-state index contributed by atoms with van der Waals surface area (Å²) in [6.07, 6.45) is 7.07. The predicted octanol–water partition coefficient (Wildman–Crippen LogP) is 2.50. The Balaban J connectivity index is 2.07. The summed E-state index contributed by atoms with van der Waals surface area (Å²) in [7, 11) is 0. The molecule has 0 amide bonds. The number of rotatable bonds is 6. The monoisotopic (exact) mass is 212 g/mol. The van der Waals surface area contributed by atoms with Crippen molar-refractivity contribution in [1.29, 1.82) is 0 Å². The van der Waals surface area contributed by atoms with Gasteiger partial charge in [0, 0.05) is 0 Å². The molecule has 2 nitrogen and oxygen atoms in total. The zero-order valence-electron chi connectivity index (χ0n) is 10.6. The summed E-state index contributed by atoms with van der Waals surface area (Å²) in [4.78, 5) is 2.53. The molecule has 0 aromatic rings. The predicted molar refractivity (Wildman–Crippen MR) is 67.2 cm³/mol. The lowest BCUT2D eigenvalue weighted by Gasteiger charge is -2.20. The first-order valence-corrected chi connectivity index (χ1v) is 6.79. The highest BCUT2D eigenvalue weighted by Crippen LogP contribution is 2.16. The molecule has 1 N–H and O–H groups in total. The molecular weight excluding hydrogens is 184 g/mol. The highest BCUT2D eigenvalue weighted by molar-refractivity contribution is 4.68. The van der Waals surface area contributed by atoms with Crippen LogP contribution in [0.5, 0.6) is 0 Å². The second-order valence-corrected chi connectivity index (χ2v) is 4.74. The van der Waals surface area contributed by atoms with Gasteiger partial charge in [-0.2, -0.15) is 0 Å². The molecule has 0 aromatic carbocycles. The van der Waals surface area contributed by atoms with Crippen molar-refractivity contribution >= 4 is 0 Å². The van der Waals surface area contributed by atoms with Crippen molar-refractivity contribution in [2.45, 2.75) is 46.0 Å². The van der Waals surface area contributed by atoms with E-state index in [2.05, 4.69) is 24.1 Å². The number of hydrogen-bond donors (Lipinski definition) is 1. The van der Waals surface area contributed by atoms with Crippen LogP contribution in [0.25, 0.3) is 0 Å². The lowest BCUT2D eigenvalue weighted by molar-refractivity contribution is 0.283. The SMILES string of the molecule is CCN(CC)CCCC1CCCCNC1. The molecule has 0 spiro atoms.